The van der Waals surface area contributed by atoms with Crippen LogP contribution in [0.5, 0.6) is 0 Å². The van der Waals surface area contributed by atoms with E-state index in [1.54, 1.807) is 0 Å². The molecule has 14 heavy (non-hydrogen) atoms. The zero-order valence-corrected chi connectivity index (χ0v) is 11.8. The highest BCUT2D eigenvalue weighted by atomic mass is 14.4. The summed E-state index contributed by atoms with van der Waals surface area (Å²) in [7, 11) is 0. The fourth-order valence-electron chi connectivity index (χ4n) is 1.61. The molecular weight excluding hydrogens is 168 g/mol. The van der Waals surface area contributed by atoms with Crippen LogP contribution in [0.2, 0.25) is 0 Å². The number of hydrogen-bond acceptors (Lipinski definition) is 0. The summed E-state index contributed by atoms with van der Waals surface area (Å²) in [5.74, 6) is 0.754. The zero-order valence-electron chi connectivity index (χ0n) is 11.8. The first kappa shape index (κ1) is 14.0. The standard InChI is InChI=1S/C14H30/c1-11(2)13(6,7)10-14(8,9)12(3,4)5/h11H,10H2,1-9H3. The molecule has 0 aliphatic heterocycles. The van der Waals surface area contributed by atoms with Gasteiger partial charge in [0, 0.05) is 0 Å². The van der Waals surface area contributed by atoms with Gasteiger partial charge in [-0.25, -0.2) is 0 Å². The van der Waals surface area contributed by atoms with Crippen molar-refractivity contribution in [3.05, 3.63) is 0 Å². The molecule has 0 saturated carbocycles. The van der Waals surface area contributed by atoms with E-state index >= 15 is 0 Å². The van der Waals surface area contributed by atoms with Crippen LogP contribution in [0.15, 0.2) is 0 Å². The molecule has 0 heterocycles. The smallest absolute Gasteiger partial charge is 0.0300 e. The Balaban J connectivity index is 4.67. The van der Waals surface area contributed by atoms with Gasteiger partial charge in [0.1, 0.15) is 0 Å². The zero-order chi connectivity index (χ0) is 11.8. The van der Waals surface area contributed by atoms with E-state index in [4.69, 9.17) is 0 Å². The first-order valence-corrected chi connectivity index (χ1v) is 5.90. The quantitative estimate of drug-likeness (QED) is 0.589. The van der Waals surface area contributed by atoms with E-state index in [0.29, 0.717) is 16.2 Å². The SMILES string of the molecule is CC(C)C(C)(C)CC(C)(C)C(C)(C)C. The Labute approximate surface area is 91.5 Å². The van der Waals surface area contributed by atoms with E-state index < -0.39 is 0 Å². The minimum Gasteiger partial charge on any atom is -0.0623 e. The second-order valence-electron chi connectivity index (χ2n) is 7.45. The molecule has 0 aromatic rings. The van der Waals surface area contributed by atoms with Gasteiger partial charge in [0.25, 0.3) is 0 Å². The third kappa shape index (κ3) is 3.29. The van der Waals surface area contributed by atoms with Gasteiger partial charge in [0.15, 0.2) is 0 Å². The molecule has 0 radical (unpaired) electrons. The number of rotatable bonds is 3. The predicted octanol–water partition coefficient (Wildman–Crippen LogP) is 5.13. The topological polar surface area (TPSA) is 0 Å². The van der Waals surface area contributed by atoms with Crippen LogP contribution < -0.4 is 0 Å². The van der Waals surface area contributed by atoms with E-state index in [9.17, 15) is 0 Å². The van der Waals surface area contributed by atoms with Crippen molar-refractivity contribution in [2.75, 3.05) is 0 Å². The van der Waals surface area contributed by atoms with Gasteiger partial charge in [-0.1, -0.05) is 62.3 Å². The molecule has 0 nitrogen and oxygen atoms in total. The van der Waals surface area contributed by atoms with Crippen molar-refractivity contribution in [1.29, 1.82) is 0 Å². The Morgan fingerprint density at radius 1 is 0.786 bits per heavy atom. The molecule has 0 aromatic heterocycles. The van der Waals surface area contributed by atoms with Crippen molar-refractivity contribution >= 4 is 0 Å². The molecule has 0 saturated heterocycles. The summed E-state index contributed by atoms with van der Waals surface area (Å²) in [6.45, 7) is 21.3. The number of hydrogen-bond donors (Lipinski definition) is 0. The van der Waals surface area contributed by atoms with Crippen LogP contribution in [-0.2, 0) is 0 Å². The van der Waals surface area contributed by atoms with Crippen LogP contribution in [0, 0.1) is 22.2 Å². The maximum absolute atomic E-state index is 2.40. The molecule has 0 aliphatic rings. The first-order chi connectivity index (χ1) is 5.90. The Morgan fingerprint density at radius 2 is 1.14 bits per heavy atom. The minimum atomic E-state index is 0.388. The van der Waals surface area contributed by atoms with Crippen LogP contribution in [-0.4, -0.2) is 0 Å². The Kier molecular flexibility index (Phi) is 3.87. The van der Waals surface area contributed by atoms with Crippen LogP contribution in [0.4, 0.5) is 0 Å². The summed E-state index contributed by atoms with van der Waals surface area (Å²) in [6, 6.07) is 0. The molecule has 0 atom stereocenters. The fraction of sp³-hybridized carbons (Fsp3) is 1.00. The van der Waals surface area contributed by atoms with Gasteiger partial charge >= 0.3 is 0 Å². The van der Waals surface area contributed by atoms with E-state index in [2.05, 4.69) is 62.3 Å². The van der Waals surface area contributed by atoms with Gasteiger partial charge in [-0.3, -0.25) is 0 Å². The maximum atomic E-state index is 2.40. The third-order valence-corrected chi connectivity index (χ3v) is 4.49. The highest BCUT2D eigenvalue weighted by Crippen LogP contribution is 2.48. The van der Waals surface area contributed by atoms with Crippen molar-refractivity contribution < 1.29 is 0 Å². The van der Waals surface area contributed by atoms with Crippen LogP contribution >= 0.6 is 0 Å². The predicted molar refractivity (Wildman–Crippen MR) is 66.5 cm³/mol. The van der Waals surface area contributed by atoms with Crippen molar-refractivity contribution in [1.82, 2.24) is 0 Å². The second kappa shape index (κ2) is 3.87. The first-order valence-electron chi connectivity index (χ1n) is 5.90. The molecule has 0 N–H and O–H groups in total. The van der Waals surface area contributed by atoms with E-state index in [1.165, 1.54) is 6.42 Å². The molecule has 0 spiro atoms. The summed E-state index contributed by atoms with van der Waals surface area (Å²) in [6.07, 6.45) is 1.29. The highest BCUT2D eigenvalue weighted by molar-refractivity contribution is 4.88. The molecule has 86 valence electrons. The Bertz CT molecular complexity index is 177. The lowest BCUT2D eigenvalue weighted by atomic mass is 9.60. The van der Waals surface area contributed by atoms with E-state index in [1.807, 2.05) is 0 Å². The van der Waals surface area contributed by atoms with Crippen LogP contribution in [0.1, 0.15) is 68.7 Å². The lowest BCUT2D eigenvalue weighted by Crippen LogP contribution is -2.36. The van der Waals surface area contributed by atoms with Gasteiger partial charge in [-0.15, -0.1) is 0 Å². The molecule has 0 amide bonds. The summed E-state index contributed by atoms with van der Waals surface area (Å²) in [5.41, 5.74) is 1.23. The van der Waals surface area contributed by atoms with Gasteiger partial charge in [0.05, 0.1) is 0 Å². The minimum absolute atomic E-state index is 0.388. The molecule has 0 heteroatoms. The highest BCUT2D eigenvalue weighted by Gasteiger charge is 2.38. The van der Waals surface area contributed by atoms with Gasteiger partial charge < -0.3 is 0 Å². The fourth-order valence-corrected chi connectivity index (χ4v) is 1.61. The molecule has 0 fully saturated rings. The van der Waals surface area contributed by atoms with Crippen molar-refractivity contribution in [2.24, 2.45) is 22.2 Å². The molecule has 0 unspecified atom stereocenters. The van der Waals surface area contributed by atoms with E-state index in [0.717, 1.165) is 5.92 Å². The summed E-state index contributed by atoms with van der Waals surface area (Å²) >= 11 is 0. The Hall–Kier alpha value is 0. The Morgan fingerprint density at radius 3 is 1.36 bits per heavy atom. The average molecular weight is 198 g/mol. The largest absolute Gasteiger partial charge is 0.0623 e. The lowest BCUT2D eigenvalue weighted by Gasteiger charge is -2.45. The van der Waals surface area contributed by atoms with Crippen molar-refractivity contribution in [3.8, 4) is 0 Å². The summed E-state index contributed by atoms with van der Waals surface area (Å²) < 4.78 is 0. The molecular formula is C14H30. The molecule has 0 aromatic carbocycles. The monoisotopic (exact) mass is 198 g/mol. The van der Waals surface area contributed by atoms with Crippen LogP contribution in [0.25, 0.3) is 0 Å². The second-order valence-corrected chi connectivity index (χ2v) is 7.45. The average Bonchev–Trinajstić information content (AvgIpc) is 1.80. The summed E-state index contributed by atoms with van der Waals surface area (Å²) in [4.78, 5) is 0. The van der Waals surface area contributed by atoms with Gasteiger partial charge in [-0.2, -0.15) is 0 Å². The van der Waals surface area contributed by atoms with Crippen LogP contribution in [0.3, 0.4) is 0 Å². The van der Waals surface area contributed by atoms with Crippen molar-refractivity contribution in [2.45, 2.75) is 68.7 Å². The van der Waals surface area contributed by atoms with Gasteiger partial charge in [-0.05, 0) is 28.6 Å². The molecule has 0 aliphatic carbocycles. The molecule has 0 bridgehead atoms. The van der Waals surface area contributed by atoms with E-state index in [-0.39, 0.29) is 0 Å². The maximum Gasteiger partial charge on any atom is -0.0300 e. The lowest BCUT2D eigenvalue weighted by molar-refractivity contribution is 0.0464. The van der Waals surface area contributed by atoms with Crippen molar-refractivity contribution in [3.63, 3.8) is 0 Å². The normalized spacial score (nSPS) is 15.0. The molecule has 0 rings (SSSR count). The summed E-state index contributed by atoms with van der Waals surface area (Å²) in [5, 5.41) is 0. The van der Waals surface area contributed by atoms with Gasteiger partial charge in [0.2, 0.25) is 0 Å². The third-order valence-electron chi connectivity index (χ3n) is 4.49.